The second kappa shape index (κ2) is 8.67. The van der Waals surface area contributed by atoms with E-state index in [2.05, 4.69) is 15.6 Å². The summed E-state index contributed by atoms with van der Waals surface area (Å²) in [4.78, 5) is 28.9. The van der Waals surface area contributed by atoms with Crippen LogP contribution in [0.4, 0.5) is 10.8 Å². The van der Waals surface area contributed by atoms with Crippen LogP contribution in [-0.4, -0.2) is 23.9 Å². The molecule has 2 N–H and O–H groups in total. The molecule has 0 fully saturated rings. The van der Waals surface area contributed by atoms with Crippen LogP contribution in [0.15, 0.2) is 47.8 Å². The molecule has 7 heteroatoms. The molecule has 0 saturated heterocycles. The normalized spacial score (nSPS) is 10.4. The zero-order valence-corrected chi connectivity index (χ0v) is 16.7. The van der Waals surface area contributed by atoms with E-state index in [0.717, 1.165) is 16.8 Å². The number of hydrogen-bond donors (Lipinski definition) is 2. The first kappa shape index (κ1) is 19.6. The number of methoxy groups -OCH3 is 1. The lowest BCUT2D eigenvalue weighted by Crippen LogP contribution is -2.16. The van der Waals surface area contributed by atoms with Gasteiger partial charge in [0.2, 0.25) is 5.91 Å². The smallest absolute Gasteiger partial charge is 0.257 e. The van der Waals surface area contributed by atoms with Crippen LogP contribution in [0, 0.1) is 13.8 Å². The molecule has 0 saturated carbocycles. The first-order valence-corrected chi connectivity index (χ1v) is 9.59. The van der Waals surface area contributed by atoms with E-state index in [1.807, 2.05) is 32.0 Å². The van der Waals surface area contributed by atoms with Gasteiger partial charge in [-0.15, -0.1) is 11.3 Å². The van der Waals surface area contributed by atoms with E-state index in [1.165, 1.54) is 11.3 Å². The van der Waals surface area contributed by atoms with Crippen LogP contribution >= 0.6 is 11.3 Å². The van der Waals surface area contributed by atoms with Crippen LogP contribution in [0.25, 0.3) is 0 Å². The molecule has 1 heterocycles. The summed E-state index contributed by atoms with van der Waals surface area (Å²) < 4.78 is 5.08. The quantitative estimate of drug-likeness (QED) is 0.655. The topological polar surface area (TPSA) is 80.3 Å². The molecule has 0 radical (unpaired) electrons. The molecule has 0 aliphatic carbocycles. The minimum atomic E-state index is -0.261. The van der Waals surface area contributed by atoms with Crippen molar-refractivity contribution < 1.29 is 14.3 Å². The van der Waals surface area contributed by atoms with Gasteiger partial charge < -0.3 is 10.1 Å². The molecule has 3 aromatic rings. The summed E-state index contributed by atoms with van der Waals surface area (Å²) in [5.41, 5.74) is 4.00. The standard InChI is InChI=1S/C21H21N3O3S/c1-13-4-5-14(2)18(10-13)23-19(25)11-16-12-28-21(22-16)24-20(26)15-6-8-17(27-3)9-7-15/h4-10,12H,11H2,1-3H3,(H,23,25)(H,22,24,26). The second-order valence-electron chi connectivity index (χ2n) is 6.37. The Morgan fingerprint density at radius 1 is 1.07 bits per heavy atom. The average molecular weight is 395 g/mol. The molecule has 2 amide bonds. The number of hydrogen-bond acceptors (Lipinski definition) is 5. The van der Waals surface area contributed by atoms with Crippen molar-refractivity contribution in [1.29, 1.82) is 0 Å². The van der Waals surface area contributed by atoms with Crippen molar-refractivity contribution in [2.75, 3.05) is 17.7 Å². The lowest BCUT2D eigenvalue weighted by molar-refractivity contribution is -0.115. The van der Waals surface area contributed by atoms with Crippen molar-refractivity contribution in [2.45, 2.75) is 20.3 Å². The number of rotatable bonds is 6. The number of aryl methyl sites for hydroxylation is 2. The SMILES string of the molecule is COc1ccc(C(=O)Nc2nc(CC(=O)Nc3cc(C)ccc3C)cs2)cc1. The molecule has 144 valence electrons. The first-order valence-electron chi connectivity index (χ1n) is 8.71. The maximum Gasteiger partial charge on any atom is 0.257 e. The Balaban J connectivity index is 1.59. The molecule has 0 bridgehead atoms. The zero-order chi connectivity index (χ0) is 20.1. The van der Waals surface area contributed by atoms with Crippen molar-refractivity contribution in [1.82, 2.24) is 4.98 Å². The Labute approximate surface area is 167 Å². The van der Waals surface area contributed by atoms with Crippen molar-refractivity contribution in [3.8, 4) is 5.75 Å². The van der Waals surface area contributed by atoms with Gasteiger partial charge in [-0.05, 0) is 55.3 Å². The van der Waals surface area contributed by atoms with Gasteiger partial charge in [-0.2, -0.15) is 0 Å². The Morgan fingerprint density at radius 3 is 2.54 bits per heavy atom. The lowest BCUT2D eigenvalue weighted by atomic mass is 10.1. The number of nitrogens with one attached hydrogen (secondary N) is 2. The molecule has 0 unspecified atom stereocenters. The van der Waals surface area contributed by atoms with E-state index >= 15 is 0 Å². The summed E-state index contributed by atoms with van der Waals surface area (Å²) >= 11 is 1.29. The van der Waals surface area contributed by atoms with Gasteiger partial charge in [-0.25, -0.2) is 4.98 Å². The van der Waals surface area contributed by atoms with E-state index in [1.54, 1.807) is 36.8 Å². The van der Waals surface area contributed by atoms with Crippen LogP contribution in [0.5, 0.6) is 5.75 Å². The van der Waals surface area contributed by atoms with Crippen LogP contribution in [-0.2, 0) is 11.2 Å². The van der Waals surface area contributed by atoms with E-state index in [4.69, 9.17) is 4.74 Å². The van der Waals surface area contributed by atoms with Crippen molar-refractivity contribution in [2.24, 2.45) is 0 Å². The number of carbonyl (C=O) groups excluding carboxylic acids is 2. The Bertz CT molecular complexity index is 996. The van der Waals surface area contributed by atoms with Crippen molar-refractivity contribution >= 4 is 34.0 Å². The average Bonchev–Trinajstić information content (AvgIpc) is 3.11. The van der Waals surface area contributed by atoms with Crippen LogP contribution in [0.2, 0.25) is 0 Å². The van der Waals surface area contributed by atoms with Crippen LogP contribution in [0.3, 0.4) is 0 Å². The van der Waals surface area contributed by atoms with E-state index < -0.39 is 0 Å². The molecule has 0 aliphatic rings. The van der Waals surface area contributed by atoms with E-state index in [-0.39, 0.29) is 18.2 Å². The number of ether oxygens (including phenoxy) is 1. The number of benzene rings is 2. The van der Waals surface area contributed by atoms with Crippen molar-refractivity contribution in [3.63, 3.8) is 0 Å². The highest BCUT2D eigenvalue weighted by Crippen LogP contribution is 2.20. The molecular formula is C21H21N3O3S. The maximum absolute atomic E-state index is 12.3. The summed E-state index contributed by atoms with van der Waals surface area (Å²) in [7, 11) is 1.57. The van der Waals surface area contributed by atoms with Crippen LogP contribution in [0.1, 0.15) is 27.2 Å². The zero-order valence-electron chi connectivity index (χ0n) is 15.9. The van der Waals surface area contributed by atoms with Gasteiger partial charge in [0.25, 0.3) is 5.91 Å². The molecule has 6 nitrogen and oxygen atoms in total. The molecule has 2 aromatic carbocycles. The number of anilines is 2. The summed E-state index contributed by atoms with van der Waals surface area (Å²) in [5, 5.41) is 7.89. The van der Waals surface area contributed by atoms with E-state index in [9.17, 15) is 9.59 Å². The first-order chi connectivity index (χ1) is 13.4. The Kier molecular flexibility index (Phi) is 6.06. The highest BCUT2D eigenvalue weighted by molar-refractivity contribution is 7.14. The fourth-order valence-corrected chi connectivity index (χ4v) is 3.29. The van der Waals surface area contributed by atoms with Gasteiger partial charge in [0.15, 0.2) is 5.13 Å². The fourth-order valence-electron chi connectivity index (χ4n) is 2.59. The predicted molar refractivity (Wildman–Crippen MR) is 111 cm³/mol. The van der Waals surface area contributed by atoms with Gasteiger partial charge in [0.05, 0.1) is 19.2 Å². The number of thiazole rings is 1. The third kappa shape index (κ3) is 4.95. The monoisotopic (exact) mass is 395 g/mol. The van der Waals surface area contributed by atoms with Gasteiger partial charge in [-0.3, -0.25) is 14.9 Å². The highest BCUT2D eigenvalue weighted by atomic mass is 32.1. The summed E-state index contributed by atoms with van der Waals surface area (Å²) in [6.07, 6.45) is 0.141. The lowest BCUT2D eigenvalue weighted by Gasteiger charge is -2.08. The minimum Gasteiger partial charge on any atom is -0.497 e. The fraction of sp³-hybridized carbons (Fsp3) is 0.190. The van der Waals surface area contributed by atoms with Crippen molar-refractivity contribution in [3.05, 3.63) is 70.2 Å². The van der Waals surface area contributed by atoms with Gasteiger partial charge in [-0.1, -0.05) is 12.1 Å². The van der Waals surface area contributed by atoms with Crippen LogP contribution < -0.4 is 15.4 Å². The second-order valence-corrected chi connectivity index (χ2v) is 7.23. The molecule has 3 rings (SSSR count). The molecular weight excluding hydrogens is 374 g/mol. The Hall–Kier alpha value is -3.19. The molecule has 1 aromatic heterocycles. The number of carbonyl (C=O) groups is 2. The van der Waals surface area contributed by atoms with Gasteiger partial charge in [0.1, 0.15) is 5.75 Å². The third-order valence-electron chi connectivity index (χ3n) is 4.13. The minimum absolute atomic E-state index is 0.141. The summed E-state index contributed by atoms with van der Waals surface area (Å²) in [6, 6.07) is 12.7. The molecule has 0 spiro atoms. The van der Waals surface area contributed by atoms with E-state index in [0.29, 0.717) is 22.1 Å². The number of aromatic nitrogens is 1. The van der Waals surface area contributed by atoms with Gasteiger partial charge >= 0.3 is 0 Å². The molecule has 0 aliphatic heterocycles. The Morgan fingerprint density at radius 2 is 1.82 bits per heavy atom. The number of nitrogens with zero attached hydrogens (tertiary/aromatic N) is 1. The largest absolute Gasteiger partial charge is 0.497 e. The maximum atomic E-state index is 12.3. The molecule has 0 atom stereocenters. The third-order valence-corrected chi connectivity index (χ3v) is 4.94. The van der Waals surface area contributed by atoms with Gasteiger partial charge in [0, 0.05) is 16.6 Å². The summed E-state index contributed by atoms with van der Waals surface area (Å²) in [5.74, 6) is 0.276. The number of amides is 2. The highest BCUT2D eigenvalue weighted by Gasteiger charge is 2.12. The molecule has 28 heavy (non-hydrogen) atoms. The predicted octanol–water partition coefficient (Wildman–Crippen LogP) is 4.20. The summed E-state index contributed by atoms with van der Waals surface area (Å²) in [6.45, 7) is 3.93.